The van der Waals surface area contributed by atoms with Crippen molar-refractivity contribution in [3.63, 3.8) is 0 Å². The Kier molecular flexibility index (Phi) is 4.21. The molecule has 23 heavy (non-hydrogen) atoms. The van der Waals surface area contributed by atoms with E-state index in [2.05, 4.69) is 51.2 Å². The molecule has 2 aromatic rings. The predicted octanol–water partition coefficient (Wildman–Crippen LogP) is 1.52. The molecular formula is C16H20N4O2S. The summed E-state index contributed by atoms with van der Waals surface area (Å²) in [6, 6.07) is 11.7. The molecule has 0 N–H and O–H groups in total. The van der Waals surface area contributed by atoms with Gasteiger partial charge in [0.1, 0.15) is 0 Å². The van der Waals surface area contributed by atoms with Crippen molar-refractivity contribution >= 4 is 21.3 Å². The standard InChI is InChI=1S/C16H20N4O2S/c1-13-4-3-5-14(12-13)19-8-10-20(11-9-19)15-6-7-16(18-17-15)23(2,21)22/h3-7,12H,8-11H2,1-2H3. The Bertz CT molecular complexity index is 782. The van der Waals surface area contributed by atoms with Gasteiger partial charge in [-0.1, -0.05) is 12.1 Å². The molecule has 0 atom stereocenters. The minimum atomic E-state index is -3.30. The largest absolute Gasteiger partial charge is 0.368 e. The van der Waals surface area contributed by atoms with Crippen molar-refractivity contribution in [3.05, 3.63) is 42.0 Å². The summed E-state index contributed by atoms with van der Waals surface area (Å²) in [7, 11) is -3.30. The normalized spacial score (nSPS) is 15.7. The van der Waals surface area contributed by atoms with Crippen LogP contribution in [0.3, 0.4) is 0 Å². The van der Waals surface area contributed by atoms with Crippen LogP contribution in [0.2, 0.25) is 0 Å². The number of rotatable bonds is 3. The highest BCUT2D eigenvalue weighted by Gasteiger charge is 2.19. The minimum Gasteiger partial charge on any atom is -0.368 e. The number of aryl methyl sites for hydroxylation is 1. The summed E-state index contributed by atoms with van der Waals surface area (Å²) in [6.45, 7) is 5.57. The molecule has 0 unspecified atom stereocenters. The zero-order valence-corrected chi connectivity index (χ0v) is 14.1. The van der Waals surface area contributed by atoms with Gasteiger partial charge in [0.25, 0.3) is 0 Å². The van der Waals surface area contributed by atoms with Crippen LogP contribution in [0.15, 0.2) is 41.4 Å². The lowest BCUT2D eigenvalue weighted by atomic mass is 10.2. The summed E-state index contributed by atoms with van der Waals surface area (Å²) < 4.78 is 22.9. The lowest BCUT2D eigenvalue weighted by molar-refractivity contribution is 0.594. The van der Waals surface area contributed by atoms with Crippen LogP contribution in [0.5, 0.6) is 0 Å². The van der Waals surface area contributed by atoms with E-state index < -0.39 is 9.84 Å². The molecular weight excluding hydrogens is 312 g/mol. The fourth-order valence-corrected chi connectivity index (χ4v) is 3.20. The summed E-state index contributed by atoms with van der Waals surface area (Å²) in [5, 5.41) is 7.89. The molecule has 7 heteroatoms. The molecule has 0 bridgehead atoms. The zero-order valence-electron chi connectivity index (χ0n) is 13.3. The third kappa shape index (κ3) is 3.61. The van der Waals surface area contributed by atoms with E-state index in [9.17, 15) is 8.42 Å². The van der Waals surface area contributed by atoms with Crippen LogP contribution in [0.1, 0.15) is 5.56 Å². The van der Waals surface area contributed by atoms with E-state index >= 15 is 0 Å². The third-order valence-corrected chi connectivity index (χ3v) is 4.95. The lowest BCUT2D eigenvalue weighted by Crippen LogP contribution is -2.46. The number of nitrogens with zero attached hydrogens (tertiary/aromatic N) is 4. The topological polar surface area (TPSA) is 66.4 Å². The second-order valence-electron chi connectivity index (χ2n) is 5.82. The zero-order chi connectivity index (χ0) is 16.4. The number of benzene rings is 1. The molecule has 6 nitrogen and oxygen atoms in total. The van der Waals surface area contributed by atoms with Crippen LogP contribution in [-0.4, -0.2) is 51.0 Å². The molecule has 3 rings (SSSR count). The summed E-state index contributed by atoms with van der Waals surface area (Å²) in [6.07, 6.45) is 1.14. The van der Waals surface area contributed by atoms with Crippen LogP contribution in [0, 0.1) is 6.92 Å². The molecule has 1 aliphatic heterocycles. The van der Waals surface area contributed by atoms with Gasteiger partial charge in [0, 0.05) is 38.1 Å². The number of aromatic nitrogens is 2. The van der Waals surface area contributed by atoms with Gasteiger partial charge >= 0.3 is 0 Å². The van der Waals surface area contributed by atoms with Crippen LogP contribution < -0.4 is 9.80 Å². The molecule has 1 aromatic heterocycles. The second kappa shape index (κ2) is 6.16. The van der Waals surface area contributed by atoms with E-state index in [0.717, 1.165) is 38.3 Å². The molecule has 0 spiro atoms. The van der Waals surface area contributed by atoms with Gasteiger partial charge in [-0.3, -0.25) is 0 Å². The quantitative estimate of drug-likeness (QED) is 0.849. The molecule has 1 fully saturated rings. The molecule has 0 radical (unpaired) electrons. The predicted molar refractivity (Wildman–Crippen MR) is 90.7 cm³/mol. The Morgan fingerprint density at radius 2 is 1.65 bits per heavy atom. The third-order valence-electron chi connectivity index (χ3n) is 3.98. The maximum absolute atomic E-state index is 11.4. The highest BCUT2D eigenvalue weighted by molar-refractivity contribution is 7.90. The Morgan fingerprint density at radius 1 is 0.957 bits per heavy atom. The van der Waals surface area contributed by atoms with Crippen LogP contribution in [-0.2, 0) is 9.84 Å². The molecule has 0 amide bonds. The van der Waals surface area contributed by atoms with Gasteiger partial charge in [0.05, 0.1) is 0 Å². The molecule has 0 aliphatic carbocycles. The summed E-state index contributed by atoms with van der Waals surface area (Å²) in [5.74, 6) is 0.723. The molecule has 1 aliphatic rings. The molecule has 2 heterocycles. The number of hydrogen-bond acceptors (Lipinski definition) is 6. The first-order valence-corrected chi connectivity index (χ1v) is 9.43. The molecule has 1 saturated heterocycles. The number of anilines is 2. The van der Waals surface area contributed by atoms with E-state index in [1.807, 2.05) is 0 Å². The minimum absolute atomic E-state index is 0.0136. The Morgan fingerprint density at radius 3 is 2.22 bits per heavy atom. The van der Waals surface area contributed by atoms with Crippen molar-refractivity contribution in [1.29, 1.82) is 0 Å². The van der Waals surface area contributed by atoms with Crippen LogP contribution >= 0.6 is 0 Å². The average molecular weight is 332 g/mol. The van der Waals surface area contributed by atoms with Gasteiger partial charge in [0.15, 0.2) is 20.7 Å². The first-order valence-electron chi connectivity index (χ1n) is 7.54. The van der Waals surface area contributed by atoms with Crippen LogP contribution in [0.4, 0.5) is 11.5 Å². The van der Waals surface area contributed by atoms with Crippen molar-refractivity contribution in [2.24, 2.45) is 0 Å². The van der Waals surface area contributed by atoms with Crippen molar-refractivity contribution < 1.29 is 8.42 Å². The second-order valence-corrected chi connectivity index (χ2v) is 7.78. The Labute approximate surface area is 136 Å². The number of sulfone groups is 1. The van der Waals surface area contributed by atoms with Crippen molar-refractivity contribution in [2.75, 3.05) is 42.2 Å². The fourth-order valence-electron chi connectivity index (χ4n) is 2.70. The van der Waals surface area contributed by atoms with E-state index in [4.69, 9.17) is 0 Å². The summed E-state index contributed by atoms with van der Waals surface area (Å²) in [5.41, 5.74) is 2.50. The van der Waals surface area contributed by atoms with E-state index in [1.54, 1.807) is 6.07 Å². The van der Waals surface area contributed by atoms with E-state index in [1.165, 1.54) is 17.3 Å². The summed E-state index contributed by atoms with van der Waals surface area (Å²) >= 11 is 0. The maximum Gasteiger partial charge on any atom is 0.194 e. The van der Waals surface area contributed by atoms with E-state index in [-0.39, 0.29) is 5.03 Å². The highest BCUT2D eigenvalue weighted by atomic mass is 32.2. The molecule has 122 valence electrons. The Hall–Kier alpha value is -2.15. The van der Waals surface area contributed by atoms with Gasteiger partial charge < -0.3 is 9.80 Å². The smallest absolute Gasteiger partial charge is 0.194 e. The van der Waals surface area contributed by atoms with Gasteiger partial charge in [-0.2, -0.15) is 0 Å². The van der Waals surface area contributed by atoms with Crippen LogP contribution in [0.25, 0.3) is 0 Å². The summed E-state index contributed by atoms with van der Waals surface area (Å²) in [4.78, 5) is 4.48. The maximum atomic E-state index is 11.4. The average Bonchev–Trinajstić information content (AvgIpc) is 2.54. The fraction of sp³-hybridized carbons (Fsp3) is 0.375. The van der Waals surface area contributed by atoms with Crippen molar-refractivity contribution in [3.8, 4) is 0 Å². The van der Waals surface area contributed by atoms with Crippen molar-refractivity contribution in [1.82, 2.24) is 10.2 Å². The van der Waals surface area contributed by atoms with Gasteiger partial charge in [-0.05, 0) is 36.8 Å². The SMILES string of the molecule is Cc1cccc(N2CCN(c3ccc(S(C)(=O)=O)nn3)CC2)c1. The molecule has 1 aromatic carbocycles. The first kappa shape index (κ1) is 15.7. The lowest BCUT2D eigenvalue weighted by Gasteiger charge is -2.36. The monoisotopic (exact) mass is 332 g/mol. The van der Waals surface area contributed by atoms with Crippen molar-refractivity contribution in [2.45, 2.75) is 11.9 Å². The van der Waals surface area contributed by atoms with E-state index in [0.29, 0.717) is 0 Å². The molecule has 0 saturated carbocycles. The highest BCUT2D eigenvalue weighted by Crippen LogP contribution is 2.20. The number of hydrogen-bond donors (Lipinski definition) is 0. The van der Waals surface area contributed by atoms with Gasteiger partial charge in [-0.15, -0.1) is 10.2 Å². The first-order chi connectivity index (χ1) is 10.9. The van der Waals surface area contributed by atoms with Gasteiger partial charge in [-0.25, -0.2) is 8.42 Å². The van der Waals surface area contributed by atoms with Gasteiger partial charge in [0.2, 0.25) is 0 Å². The number of piperazine rings is 1. The Balaban J connectivity index is 1.67.